The van der Waals surface area contributed by atoms with E-state index in [0.717, 1.165) is 30.4 Å². The van der Waals surface area contributed by atoms with Gasteiger partial charge >= 0.3 is 0 Å². The van der Waals surface area contributed by atoms with Crippen molar-refractivity contribution in [3.05, 3.63) is 474 Å². The van der Waals surface area contributed by atoms with Crippen LogP contribution in [0.5, 0.6) is 0 Å². The number of thiophene rings is 1. The molecule has 0 unspecified atom stereocenters. The van der Waals surface area contributed by atoms with E-state index in [0.29, 0.717) is 0 Å². The highest BCUT2D eigenvalue weighted by molar-refractivity contribution is 7.26. The smallest absolute Gasteiger partial charge is 0.136 e. The molecule has 5 aliphatic carbocycles. The number of furan rings is 1. The number of nitrogens with zero attached hydrogens (tertiary/aromatic N) is 1. The number of H-pyrrole nitrogens is 1. The molecule has 4 heteroatoms. The van der Waals surface area contributed by atoms with E-state index in [9.17, 15) is 0 Å². The van der Waals surface area contributed by atoms with Crippen LogP contribution in [-0.2, 0) is 24.7 Å². The molecule has 0 radical (unpaired) electrons. The molecule has 1 N–H and O–H groups in total. The number of hydrogen-bond donors (Lipinski definition) is 1. The lowest BCUT2D eigenvalue weighted by Gasteiger charge is -2.31. The number of nitrogens with one attached hydrogen (secondary N) is 1. The summed E-state index contributed by atoms with van der Waals surface area (Å²) in [7, 11) is 0. The zero-order valence-corrected chi connectivity index (χ0v) is 71.5. The minimum absolute atomic E-state index is 0.323. The van der Waals surface area contributed by atoms with Gasteiger partial charge in [0.25, 0.3) is 0 Å². The summed E-state index contributed by atoms with van der Waals surface area (Å²) in [6, 6.07) is 155. The summed E-state index contributed by atoms with van der Waals surface area (Å²) in [6.07, 6.45) is 3.01. The van der Waals surface area contributed by atoms with Crippen LogP contribution in [0.15, 0.2) is 423 Å². The summed E-state index contributed by atoms with van der Waals surface area (Å²) in [6.45, 7) is 0. The van der Waals surface area contributed by atoms with Crippen molar-refractivity contribution in [2.45, 2.75) is 24.7 Å². The molecule has 4 heterocycles. The number of benzene rings is 23. The quantitative estimate of drug-likeness (QED) is 0.175. The number of fused-ring (bicyclic) bond motifs is 45. The number of para-hydroxylation sites is 1. The van der Waals surface area contributed by atoms with Gasteiger partial charge in [-0.05, 0) is 308 Å². The van der Waals surface area contributed by atoms with Crippen LogP contribution in [0.25, 0.3) is 233 Å². The third-order valence-electron chi connectivity index (χ3n) is 29.7. The van der Waals surface area contributed by atoms with Crippen LogP contribution in [0.1, 0.15) is 55.6 Å². The maximum atomic E-state index is 6.29. The first-order chi connectivity index (χ1) is 64.4. The van der Waals surface area contributed by atoms with Crippen molar-refractivity contribution in [2.24, 2.45) is 0 Å². The van der Waals surface area contributed by atoms with Crippen LogP contribution < -0.4 is 0 Å². The summed E-state index contributed by atoms with van der Waals surface area (Å²) < 4.78 is 11.5. The molecular weight excluding hydrogens is 1590 g/mol. The molecule has 32 rings (SSSR count). The van der Waals surface area contributed by atoms with E-state index in [1.165, 1.54) is 278 Å². The lowest BCUT2D eigenvalue weighted by Crippen LogP contribution is -2.25. The SMILES string of the molecule is c1ccc(-n2c3cc4ccccc4cc3c3cc4[nH]c5ccc6ccccc6c5c4cc32)cc1.c1ccc2c(c1)-c1ccccc1C21c2cc3c(cc2-c2c1ccc1ccccc21)Cc1c-3ccc2ccccc12.c1ccc2c3c(ccc2c1)-c1cc2sc4c5ccccc5ccc4c2cc1C3.c1ccc2cc3c(cc2c1)oc1cc2c(cc13)Cc1c-2ccc2ccccc12. The van der Waals surface area contributed by atoms with Gasteiger partial charge < -0.3 is 14.0 Å². The molecule has 0 aliphatic heterocycles. The summed E-state index contributed by atoms with van der Waals surface area (Å²) in [4.78, 5) is 3.70. The first-order valence-electron chi connectivity index (χ1n) is 45.4. The Morgan fingerprint density at radius 3 is 1.31 bits per heavy atom. The average molecular weight is 1670 g/mol. The molecule has 0 bridgehead atoms. The molecule has 23 aromatic carbocycles. The molecule has 602 valence electrons. The monoisotopic (exact) mass is 1660 g/mol. The molecular formula is C126H76N2OS. The van der Waals surface area contributed by atoms with Gasteiger partial charge in [0.1, 0.15) is 11.2 Å². The van der Waals surface area contributed by atoms with Gasteiger partial charge in [0.15, 0.2) is 0 Å². The Labute approximate surface area is 751 Å². The normalized spacial score (nSPS) is 13.2. The van der Waals surface area contributed by atoms with Crippen molar-refractivity contribution < 1.29 is 4.42 Å². The van der Waals surface area contributed by atoms with Gasteiger partial charge in [0, 0.05) is 69.2 Å². The third kappa shape index (κ3) is 10.4. The second-order valence-electron chi connectivity index (χ2n) is 36.3. The van der Waals surface area contributed by atoms with Gasteiger partial charge in [0.05, 0.1) is 16.4 Å². The largest absolute Gasteiger partial charge is 0.456 e. The van der Waals surface area contributed by atoms with Crippen LogP contribution in [0.2, 0.25) is 0 Å². The molecule has 4 aromatic heterocycles. The Balaban J connectivity index is 0.0000000863. The summed E-state index contributed by atoms with van der Waals surface area (Å²) in [5, 5.41) is 31.4. The second kappa shape index (κ2) is 27.4. The molecule has 5 aliphatic rings. The molecule has 27 aromatic rings. The van der Waals surface area contributed by atoms with Gasteiger partial charge in [-0.3, -0.25) is 0 Å². The fourth-order valence-corrected chi connectivity index (χ4v) is 25.2. The predicted octanol–water partition coefficient (Wildman–Crippen LogP) is 34.0. The van der Waals surface area contributed by atoms with Crippen LogP contribution >= 0.6 is 11.3 Å². The van der Waals surface area contributed by atoms with Crippen molar-refractivity contribution >= 4 is 183 Å². The van der Waals surface area contributed by atoms with Crippen molar-refractivity contribution in [3.63, 3.8) is 0 Å². The molecule has 0 saturated heterocycles. The van der Waals surface area contributed by atoms with Crippen LogP contribution in [0, 0.1) is 0 Å². The van der Waals surface area contributed by atoms with Gasteiger partial charge in [-0.2, -0.15) is 0 Å². The Kier molecular flexibility index (Phi) is 15.2. The van der Waals surface area contributed by atoms with Crippen molar-refractivity contribution in [1.29, 1.82) is 0 Å². The van der Waals surface area contributed by atoms with E-state index in [-0.39, 0.29) is 5.41 Å². The van der Waals surface area contributed by atoms with E-state index in [4.69, 9.17) is 4.42 Å². The lowest BCUT2D eigenvalue weighted by atomic mass is 9.70. The van der Waals surface area contributed by atoms with Gasteiger partial charge in [-0.15, -0.1) is 11.3 Å². The minimum Gasteiger partial charge on any atom is -0.456 e. The standard InChI is InChI=1S/C40H24.C32H20N2.C27H16O.C27H16S/c1-3-11-27-24(9-1)17-19-29-32-23-38-34(22-26(32)21-33(27)29)39-28-12-4-2-10-25(28)18-20-37(39)40(38)35-15-7-5-13-30(35)31-14-6-8-16-36(31)40;1-2-11-23(12-3-1)34-30-17-22-10-5-4-9-21(22)16-25(30)26-18-29-27(19-31(26)34)32-24-13-7-6-8-20(24)14-15-28(32)33-29;1-2-7-18-14-26-24(11-17(18)6-1)25-13-19-12-23-20-8-4-3-5-16(20)9-10-21(23)22(19)15-27(25)28-26;1-3-7-19-16(5-1)9-11-21-23-15-26-25(14-18(23)13-24(19)21)22-12-10-17-6-2-4-8-20(17)27(22)28-26/h1-20,22-23H,21H2;1-19,33H;1-11,13-15H,12H2;1-12,14-15H,13H2. The maximum Gasteiger partial charge on any atom is 0.136 e. The molecule has 0 fully saturated rings. The maximum absolute atomic E-state index is 6.29. The minimum atomic E-state index is -0.323. The van der Waals surface area contributed by atoms with Crippen LogP contribution in [-0.4, -0.2) is 9.55 Å². The lowest BCUT2D eigenvalue weighted by molar-refractivity contribution is 0.669. The van der Waals surface area contributed by atoms with Gasteiger partial charge in [0.2, 0.25) is 0 Å². The van der Waals surface area contributed by atoms with Crippen LogP contribution in [0.3, 0.4) is 0 Å². The highest BCUT2D eigenvalue weighted by Gasteiger charge is 2.53. The van der Waals surface area contributed by atoms with E-state index >= 15 is 0 Å². The third-order valence-corrected chi connectivity index (χ3v) is 30.9. The zero-order valence-electron chi connectivity index (χ0n) is 70.7. The summed E-state index contributed by atoms with van der Waals surface area (Å²) >= 11 is 1.94. The fourth-order valence-electron chi connectivity index (χ4n) is 24.0. The number of aromatic nitrogens is 2. The predicted molar refractivity (Wildman–Crippen MR) is 551 cm³/mol. The molecule has 3 nitrogen and oxygen atoms in total. The topological polar surface area (TPSA) is 33.9 Å². The fraction of sp³-hybridized carbons (Fsp3) is 0.0317. The summed E-state index contributed by atoms with van der Waals surface area (Å²) in [5.41, 5.74) is 35.8. The number of rotatable bonds is 1. The molecule has 0 amide bonds. The van der Waals surface area contributed by atoms with E-state index < -0.39 is 0 Å². The van der Waals surface area contributed by atoms with Gasteiger partial charge in [-0.25, -0.2) is 0 Å². The first-order valence-corrected chi connectivity index (χ1v) is 46.3. The van der Waals surface area contributed by atoms with E-state index in [1.807, 2.05) is 11.3 Å². The Hall–Kier alpha value is -16.2. The zero-order chi connectivity index (χ0) is 84.7. The van der Waals surface area contributed by atoms with Crippen molar-refractivity contribution in [3.8, 4) is 61.3 Å². The van der Waals surface area contributed by atoms with Gasteiger partial charge in [-0.1, -0.05) is 328 Å². The highest BCUT2D eigenvalue weighted by atomic mass is 32.1. The summed E-state index contributed by atoms with van der Waals surface area (Å²) in [5.74, 6) is 0. The Morgan fingerprint density at radius 2 is 0.677 bits per heavy atom. The van der Waals surface area contributed by atoms with E-state index in [1.54, 1.807) is 0 Å². The number of hydrogen-bond acceptors (Lipinski definition) is 2. The highest BCUT2D eigenvalue weighted by Crippen LogP contribution is 2.65. The van der Waals surface area contributed by atoms with Crippen molar-refractivity contribution in [1.82, 2.24) is 9.55 Å². The number of aromatic amines is 1. The molecule has 130 heavy (non-hydrogen) atoms. The Morgan fingerprint density at radius 1 is 0.238 bits per heavy atom. The molecule has 0 saturated carbocycles. The molecule has 1 spiro atoms. The average Bonchev–Trinajstić information content (AvgIpc) is 1.49. The Bertz CT molecular complexity index is 9620. The van der Waals surface area contributed by atoms with Crippen LogP contribution in [0.4, 0.5) is 0 Å². The second-order valence-corrected chi connectivity index (χ2v) is 37.3. The molecule has 0 atom stereocenters. The first kappa shape index (κ1) is 72.0. The van der Waals surface area contributed by atoms with Crippen molar-refractivity contribution in [2.75, 3.05) is 0 Å². The van der Waals surface area contributed by atoms with E-state index in [2.05, 4.69) is 428 Å².